The van der Waals surface area contributed by atoms with Crippen molar-refractivity contribution in [2.24, 2.45) is 5.73 Å². The third kappa shape index (κ3) is 3.74. The van der Waals surface area contributed by atoms with E-state index in [0.29, 0.717) is 0 Å². The summed E-state index contributed by atoms with van der Waals surface area (Å²) in [5, 5.41) is 0. The smallest absolute Gasteiger partial charge is 0.117 e. The standard InChI is InChI=1S/C18H24N2O/c1-14-5-2-3-7-17(14)18(19)10-11-20(15-8-9-15)13-16-6-4-12-21-16/h2-7,12,15,18H,8-11,13,19H2,1H3. The van der Waals surface area contributed by atoms with Gasteiger partial charge in [0.15, 0.2) is 0 Å². The highest BCUT2D eigenvalue weighted by Crippen LogP contribution is 2.29. The second-order valence-electron chi connectivity index (χ2n) is 6.03. The molecular formula is C18H24N2O. The van der Waals surface area contributed by atoms with Gasteiger partial charge >= 0.3 is 0 Å². The Morgan fingerprint density at radius 1 is 1.24 bits per heavy atom. The second-order valence-corrected chi connectivity index (χ2v) is 6.03. The average molecular weight is 284 g/mol. The Bertz CT molecular complexity index is 560. The molecule has 2 N–H and O–H groups in total. The third-order valence-corrected chi connectivity index (χ3v) is 4.32. The molecule has 0 spiro atoms. The molecule has 1 fully saturated rings. The van der Waals surface area contributed by atoms with E-state index in [1.54, 1.807) is 6.26 Å². The fourth-order valence-electron chi connectivity index (χ4n) is 2.90. The number of benzene rings is 1. The average Bonchev–Trinajstić information content (AvgIpc) is 3.21. The van der Waals surface area contributed by atoms with E-state index in [1.165, 1.54) is 24.0 Å². The highest BCUT2D eigenvalue weighted by Gasteiger charge is 2.29. The van der Waals surface area contributed by atoms with Gasteiger partial charge < -0.3 is 10.2 Å². The van der Waals surface area contributed by atoms with Crippen molar-refractivity contribution < 1.29 is 4.42 Å². The van der Waals surface area contributed by atoms with E-state index in [1.807, 2.05) is 6.07 Å². The van der Waals surface area contributed by atoms with E-state index in [2.05, 4.69) is 42.2 Å². The lowest BCUT2D eigenvalue weighted by molar-refractivity contribution is 0.225. The Balaban J connectivity index is 1.58. The van der Waals surface area contributed by atoms with Crippen molar-refractivity contribution in [2.75, 3.05) is 6.54 Å². The van der Waals surface area contributed by atoms with Crippen LogP contribution in [0, 0.1) is 6.92 Å². The molecule has 1 aliphatic carbocycles. The molecule has 3 rings (SSSR count). The van der Waals surface area contributed by atoms with Crippen LogP contribution in [0.25, 0.3) is 0 Å². The molecule has 0 amide bonds. The third-order valence-electron chi connectivity index (χ3n) is 4.32. The van der Waals surface area contributed by atoms with Gasteiger partial charge in [-0.3, -0.25) is 4.90 Å². The molecule has 3 heteroatoms. The summed E-state index contributed by atoms with van der Waals surface area (Å²) in [6, 6.07) is 13.3. The molecule has 1 aromatic carbocycles. The monoisotopic (exact) mass is 284 g/mol. The first-order chi connectivity index (χ1) is 10.2. The van der Waals surface area contributed by atoms with Crippen LogP contribution >= 0.6 is 0 Å². The summed E-state index contributed by atoms with van der Waals surface area (Å²) in [6.45, 7) is 4.07. The minimum Gasteiger partial charge on any atom is -0.468 e. The number of hydrogen-bond donors (Lipinski definition) is 1. The molecule has 1 heterocycles. The second kappa shape index (κ2) is 6.46. The van der Waals surface area contributed by atoms with Gasteiger partial charge in [-0.25, -0.2) is 0 Å². The van der Waals surface area contributed by atoms with Gasteiger partial charge in [-0.1, -0.05) is 24.3 Å². The Morgan fingerprint density at radius 3 is 2.71 bits per heavy atom. The van der Waals surface area contributed by atoms with Gasteiger partial charge in [0, 0.05) is 18.6 Å². The lowest BCUT2D eigenvalue weighted by Crippen LogP contribution is -2.29. The van der Waals surface area contributed by atoms with Crippen molar-refractivity contribution in [3.05, 3.63) is 59.5 Å². The van der Waals surface area contributed by atoms with Crippen molar-refractivity contribution in [3.8, 4) is 0 Å². The van der Waals surface area contributed by atoms with Gasteiger partial charge in [0.1, 0.15) is 5.76 Å². The maximum Gasteiger partial charge on any atom is 0.117 e. The number of nitrogens with two attached hydrogens (primary N) is 1. The zero-order valence-electron chi connectivity index (χ0n) is 12.7. The Labute approximate surface area is 126 Å². The highest BCUT2D eigenvalue weighted by molar-refractivity contribution is 5.28. The van der Waals surface area contributed by atoms with E-state index >= 15 is 0 Å². The predicted octanol–water partition coefficient (Wildman–Crippen LogP) is 3.64. The molecular weight excluding hydrogens is 260 g/mol. The molecule has 2 aromatic rings. The SMILES string of the molecule is Cc1ccccc1C(N)CCN(Cc1ccco1)C1CC1. The maximum atomic E-state index is 6.39. The summed E-state index contributed by atoms with van der Waals surface area (Å²) in [7, 11) is 0. The molecule has 0 aliphatic heterocycles. The van der Waals surface area contributed by atoms with Crippen molar-refractivity contribution in [1.82, 2.24) is 4.90 Å². The quantitative estimate of drug-likeness (QED) is 0.844. The van der Waals surface area contributed by atoms with Crippen LogP contribution in [-0.4, -0.2) is 17.5 Å². The van der Waals surface area contributed by atoms with Crippen LogP contribution in [0.5, 0.6) is 0 Å². The van der Waals surface area contributed by atoms with Gasteiger partial charge in [0.25, 0.3) is 0 Å². The Hall–Kier alpha value is -1.58. The van der Waals surface area contributed by atoms with Gasteiger partial charge in [-0.2, -0.15) is 0 Å². The van der Waals surface area contributed by atoms with Crippen LogP contribution < -0.4 is 5.73 Å². The minimum atomic E-state index is 0.115. The first kappa shape index (κ1) is 14.4. The molecule has 21 heavy (non-hydrogen) atoms. The van der Waals surface area contributed by atoms with Gasteiger partial charge in [-0.05, 0) is 49.4 Å². The maximum absolute atomic E-state index is 6.39. The van der Waals surface area contributed by atoms with E-state index in [9.17, 15) is 0 Å². The zero-order chi connectivity index (χ0) is 14.7. The van der Waals surface area contributed by atoms with Crippen LogP contribution in [0.4, 0.5) is 0 Å². The number of hydrogen-bond acceptors (Lipinski definition) is 3. The molecule has 0 radical (unpaired) electrons. The largest absolute Gasteiger partial charge is 0.468 e. The first-order valence-electron chi connectivity index (χ1n) is 7.81. The van der Waals surface area contributed by atoms with Crippen molar-refractivity contribution in [2.45, 2.75) is 44.8 Å². The lowest BCUT2D eigenvalue weighted by Gasteiger charge is -2.23. The van der Waals surface area contributed by atoms with E-state index < -0.39 is 0 Å². The van der Waals surface area contributed by atoms with Crippen LogP contribution in [0.1, 0.15) is 42.2 Å². The summed E-state index contributed by atoms with van der Waals surface area (Å²) in [6.07, 6.45) is 5.35. The van der Waals surface area contributed by atoms with Crippen LogP contribution in [0.15, 0.2) is 47.1 Å². The summed E-state index contributed by atoms with van der Waals surface area (Å²) in [4.78, 5) is 2.51. The zero-order valence-corrected chi connectivity index (χ0v) is 12.7. The molecule has 1 atom stereocenters. The molecule has 0 bridgehead atoms. The molecule has 1 aromatic heterocycles. The van der Waals surface area contributed by atoms with Crippen molar-refractivity contribution >= 4 is 0 Å². The topological polar surface area (TPSA) is 42.4 Å². The highest BCUT2D eigenvalue weighted by atomic mass is 16.3. The normalized spacial score (nSPS) is 16.3. The van der Waals surface area contributed by atoms with Gasteiger partial charge in [-0.15, -0.1) is 0 Å². The van der Waals surface area contributed by atoms with Crippen molar-refractivity contribution in [3.63, 3.8) is 0 Å². The number of furan rings is 1. The van der Waals surface area contributed by atoms with E-state index in [4.69, 9.17) is 10.2 Å². The molecule has 1 unspecified atom stereocenters. The molecule has 1 aliphatic rings. The first-order valence-corrected chi connectivity index (χ1v) is 7.81. The summed E-state index contributed by atoms with van der Waals surface area (Å²) < 4.78 is 5.48. The van der Waals surface area contributed by atoms with Crippen LogP contribution in [-0.2, 0) is 6.54 Å². The molecule has 1 saturated carbocycles. The summed E-state index contributed by atoms with van der Waals surface area (Å²) >= 11 is 0. The Morgan fingerprint density at radius 2 is 2.05 bits per heavy atom. The summed E-state index contributed by atoms with van der Waals surface area (Å²) in [5.41, 5.74) is 8.94. The fraction of sp³-hybridized carbons (Fsp3) is 0.444. The minimum absolute atomic E-state index is 0.115. The van der Waals surface area contributed by atoms with Gasteiger partial charge in [0.05, 0.1) is 12.8 Å². The van der Waals surface area contributed by atoms with Crippen LogP contribution in [0.3, 0.4) is 0 Å². The predicted molar refractivity (Wildman–Crippen MR) is 84.9 cm³/mol. The number of aryl methyl sites for hydroxylation is 1. The molecule has 3 nitrogen and oxygen atoms in total. The van der Waals surface area contributed by atoms with E-state index in [-0.39, 0.29) is 6.04 Å². The number of rotatable bonds is 7. The van der Waals surface area contributed by atoms with E-state index in [0.717, 1.165) is 31.3 Å². The molecule has 0 saturated heterocycles. The Kier molecular flexibility index (Phi) is 4.42. The summed E-state index contributed by atoms with van der Waals surface area (Å²) in [5.74, 6) is 1.05. The van der Waals surface area contributed by atoms with Crippen LogP contribution in [0.2, 0.25) is 0 Å². The van der Waals surface area contributed by atoms with Crippen molar-refractivity contribution in [1.29, 1.82) is 0 Å². The lowest BCUT2D eigenvalue weighted by atomic mass is 9.99. The number of nitrogens with zero attached hydrogens (tertiary/aromatic N) is 1. The molecule has 112 valence electrons. The fourth-order valence-corrected chi connectivity index (χ4v) is 2.90. The van der Waals surface area contributed by atoms with Gasteiger partial charge in [0.2, 0.25) is 0 Å².